The molecule has 14 nitrogen and oxygen atoms in total. The highest BCUT2D eigenvalue weighted by Gasteiger charge is 2.63. The van der Waals surface area contributed by atoms with Gasteiger partial charge in [0.25, 0.3) is 5.91 Å². The number of allylic oxidation sites excluding steroid dienone is 1. The van der Waals surface area contributed by atoms with Crippen molar-refractivity contribution in [3.8, 4) is 5.75 Å². The van der Waals surface area contributed by atoms with Crippen molar-refractivity contribution in [2.24, 2.45) is 17.6 Å². The van der Waals surface area contributed by atoms with Crippen molar-refractivity contribution in [3.05, 3.63) is 58.6 Å². The SMILES string of the molecule is CN(C)c1cc(NC(=O)Cn2ccnc2)c(O)c2c1CC1CC3[C@H](N(C)C)C(O)=C(C(N)=O)C(=O)[C@@]3(O)C(O)=C1C2=O. The molecule has 0 spiro atoms. The number of hydrogen-bond acceptors (Lipinski definition) is 11. The lowest BCUT2D eigenvalue weighted by Crippen LogP contribution is -2.63. The number of hydrogen-bond donors (Lipinski definition) is 6. The van der Waals surface area contributed by atoms with Crippen LogP contribution < -0.4 is 16.0 Å². The number of nitrogens with zero attached hydrogens (tertiary/aromatic N) is 4. The van der Waals surface area contributed by atoms with Crippen molar-refractivity contribution >= 4 is 34.8 Å². The summed E-state index contributed by atoms with van der Waals surface area (Å²) in [5, 5.41) is 48.0. The van der Waals surface area contributed by atoms with E-state index in [0.717, 1.165) is 0 Å². The molecule has 1 aromatic heterocycles. The van der Waals surface area contributed by atoms with Crippen LogP contribution in [-0.2, 0) is 27.3 Å². The maximum absolute atomic E-state index is 14.1. The highest BCUT2D eigenvalue weighted by Crippen LogP contribution is 2.53. The number of Topliss-reactive ketones (excluding diaryl/α,β-unsaturated/α-hetero) is 2. The third-order valence-corrected chi connectivity index (χ3v) is 8.34. The van der Waals surface area contributed by atoms with Crippen LogP contribution in [0.5, 0.6) is 5.75 Å². The quantitative estimate of drug-likeness (QED) is 0.198. The number of phenols is 1. The second kappa shape index (κ2) is 9.99. The average Bonchev–Trinajstić information content (AvgIpc) is 3.40. The Morgan fingerprint density at radius 1 is 1.19 bits per heavy atom. The fourth-order valence-electron chi connectivity index (χ4n) is 6.53. The summed E-state index contributed by atoms with van der Waals surface area (Å²) in [5.74, 6) is -7.90. The largest absolute Gasteiger partial charge is 0.510 e. The van der Waals surface area contributed by atoms with Gasteiger partial charge >= 0.3 is 0 Å². The molecule has 0 fully saturated rings. The first-order valence-corrected chi connectivity index (χ1v) is 13.2. The third kappa shape index (κ3) is 4.13. The summed E-state index contributed by atoms with van der Waals surface area (Å²) in [6, 6.07) is 0.465. The topological polar surface area (TPSA) is 212 Å². The number of rotatable bonds is 6. The summed E-state index contributed by atoms with van der Waals surface area (Å²) in [6.07, 6.45) is 4.64. The first-order valence-electron chi connectivity index (χ1n) is 13.2. The minimum absolute atomic E-state index is 0.0250. The number of aliphatic hydroxyl groups is 3. The molecule has 1 heterocycles. The van der Waals surface area contributed by atoms with Crippen LogP contribution in [0.25, 0.3) is 0 Å². The van der Waals surface area contributed by atoms with E-state index in [1.165, 1.54) is 22.0 Å². The number of carbonyl (C=O) groups is 4. The van der Waals surface area contributed by atoms with Gasteiger partial charge in [-0.15, -0.1) is 0 Å². The van der Waals surface area contributed by atoms with Gasteiger partial charge in [0.1, 0.15) is 23.6 Å². The number of aromatic nitrogens is 2. The van der Waals surface area contributed by atoms with E-state index in [0.29, 0.717) is 11.3 Å². The van der Waals surface area contributed by atoms with Crippen LogP contribution in [0.1, 0.15) is 22.3 Å². The predicted octanol–water partition coefficient (Wildman–Crippen LogP) is 0.0218. The number of carbonyl (C=O) groups excluding carboxylic acids is 4. The lowest BCUT2D eigenvalue weighted by Gasteiger charge is -2.50. The molecule has 0 saturated carbocycles. The number of ketones is 2. The molecule has 222 valence electrons. The van der Waals surface area contributed by atoms with Gasteiger partial charge in [0.15, 0.2) is 17.1 Å². The Balaban J connectivity index is 1.65. The number of aromatic hydroxyl groups is 1. The standard InChI is InChI=1S/C28H32N6O8/c1-32(2)16-9-15(31-17(35)10-34-6-5-30-11-34)22(36)19-13(16)7-12-8-14-21(33(3)4)24(38)20(27(29)41)26(40)28(14,42)25(39)18(12)23(19)37/h5-6,9,11-12,14,21,36,38-39,42H,7-8,10H2,1-4H3,(H2,29,41)(H,31,35)/t12?,14?,21-,28-/m0/s1. The number of amides is 2. The number of phenolic OH excluding ortho intramolecular Hbond substituents is 1. The van der Waals surface area contributed by atoms with Gasteiger partial charge in [-0.1, -0.05) is 0 Å². The molecule has 1 aromatic carbocycles. The number of primary amides is 1. The van der Waals surface area contributed by atoms with E-state index in [1.54, 1.807) is 45.4 Å². The van der Waals surface area contributed by atoms with Crippen molar-refractivity contribution in [2.45, 2.75) is 31.0 Å². The van der Waals surface area contributed by atoms with E-state index >= 15 is 0 Å². The predicted molar refractivity (Wildman–Crippen MR) is 149 cm³/mol. The number of aliphatic hydroxyl groups excluding tert-OH is 2. The summed E-state index contributed by atoms with van der Waals surface area (Å²) in [5.41, 5.74) is 2.22. The van der Waals surface area contributed by atoms with Gasteiger partial charge < -0.3 is 40.9 Å². The molecule has 5 rings (SSSR count). The number of likely N-dealkylation sites (N-methyl/N-ethyl adjacent to an activating group) is 1. The smallest absolute Gasteiger partial charge is 0.255 e. The van der Waals surface area contributed by atoms with E-state index in [2.05, 4.69) is 10.3 Å². The van der Waals surface area contributed by atoms with Crippen LogP contribution in [0.15, 0.2) is 47.5 Å². The van der Waals surface area contributed by atoms with Gasteiger partial charge in [-0.3, -0.25) is 24.1 Å². The third-order valence-electron chi connectivity index (χ3n) is 8.34. The summed E-state index contributed by atoms with van der Waals surface area (Å²) in [4.78, 5) is 59.5. The molecular weight excluding hydrogens is 548 g/mol. The highest BCUT2D eigenvalue weighted by molar-refractivity contribution is 6.25. The van der Waals surface area contributed by atoms with Crippen LogP contribution in [0, 0.1) is 11.8 Å². The summed E-state index contributed by atoms with van der Waals surface area (Å²) in [7, 11) is 6.59. The summed E-state index contributed by atoms with van der Waals surface area (Å²) in [6.45, 7) is -0.109. The zero-order valence-electron chi connectivity index (χ0n) is 23.5. The Hall–Kier alpha value is -4.69. The molecule has 2 unspecified atom stereocenters. The minimum Gasteiger partial charge on any atom is -0.510 e. The van der Waals surface area contributed by atoms with E-state index in [9.17, 15) is 39.6 Å². The monoisotopic (exact) mass is 580 g/mol. The Kier molecular flexibility index (Phi) is 6.86. The second-order valence-corrected chi connectivity index (χ2v) is 11.3. The Labute approximate surface area is 240 Å². The molecule has 0 saturated heterocycles. The molecule has 2 aromatic rings. The van der Waals surface area contributed by atoms with Crippen LogP contribution >= 0.6 is 0 Å². The van der Waals surface area contributed by atoms with Crippen LogP contribution in [0.4, 0.5) is 11.4 Å². The lowest BCUT2D eigenvalue weighted by atomic mass is 9.58. The second-order valence-electron chi connectivity index (χ2n) is 11.3. The van der Waals surface area contributed by atoms with Crippen molar-refractivity contribution in [3.63, 3.8) is 0 Å². The maximum Gasteiger partial charge on any atom is 0.255 e. The van der Waals surface area contributed by atoms with E-state index in [-0.39, 0.29) is 36.2 Å². The summed E-state index contributed by atoms with van der Waals surface area (Å²) >= 11 is 0. The number of fused-ring (bicyclic) bond motifs is 3. The molecule has 42 heavy (non-hydrogen) atoms. The van der Waals surface area contributed by atoms with E-state index in [4.69, 9.17) is 5.73 Å². The first-order chi connectivity index (χ1) is 19.7. The lowest BCUT2D eigenvalue weighted by molar-refractivity contribution is -0.148. The fourth-order valence-corrected chi connectivity index (χ4v) is 6.53. The Bertz CT molecular complexity index is 1590. The molecule has 3 aliphatic carbocycles. The van der Waals surface area contributed by atoms with Crippen molar-refractivity contribution in [1.29, 1.82) is 0 Å². The number of imidazole rings is 1. The van der Waals surface area contributed by atoms with Gasteiger partial charge in [-0.05, 0) is 44.5 Å². The molecule has 0 radical (unpaired) electrons. The van der Waals surface area contributed by atoms with Gasteiger partial charge in [-0.25, -0.2) is 4.98 Å². The normalized spacial score (nSPS) is 25.2. The van der Waals surface area contributed by atoms with Crippen LogP contribution in [-0.4, -0.2) is 98.1 Å². The first kappa shape index (κ1) is 28.8. The molecule has 0 aliphatic heterocycles. The molecule has 4 atom stereocenters. The Morgan fingerprint density at radius 3 is 2.45 bits per heavy atom. The molecule has 0 bridgehead atoms. The van der Waals surface area contributed by atoms with Crippen molar-refractivity contribution in [1.82, 2.24) is 14.5 Å². The van der Waals surface area contributed by atoms with E-state index < -0.39 is 69.7 Å². The zero-order chi connectivity index (χ0) is 30.8. The van der Waals surface area contributed by atoms with Crippen molar-refractivity contribution in [2.75, 3.05) is 38.4 Å². The van der Waals surface area contributed by atoms with E-state index in [1.807, 2.05) is 0 Å². The molecule has 2 amide bonds. The number of benzene rings is 1. The highest BCUT2D eigenvalue weighted by atomic mass is 16.3. The van der Waals surface area contributed by atoms with Crippen LogP contribution in [0.3, 0.4) is 0 Å². The van der Waals surface area contributed by atoms with Gasteiger partial charge in [0.05, 0.1) is 23.6 Å². The van der Waals surface area contributed by atoms with Crippen LogP contribution in [0.2, 0.25) is 0 Å². The number of anilines is 2. The fraction of sp³-hybridized carbons (Fsp3) is 0.393. The molecule has 7 N–H and O–H groups in total. The summed E-state index contributed by atoms with van der Waals surface area (Å²) < 4.78 is 1.52. The van der Waals surface area contributed by atoms with Crippen molar-refractivity contribution < 1.29 is 39.6 Å². The van der Waals surface area contributed by atoms with Gasteiger partial charge in [0.2, 0.25) is 11.7 Å². The number of nitrogens with one attached hydrogen (secondary N) is 1. The Morgan fingerprint density at radius 2 is 1.88 bits per heavy atom. The number of nitrogens with two attached hydrogens (primary N) is 1. The average molecular weight is 581 g/mol. The van der Waals surface area contributed by atoms with Gasteiger partial charge in [-0.2, -0.15) is 0 Å². The molecule has 3 aliphatic rings. The van der Waals surface area contributed by atoms with Gasteiger partial charge in [0, 0.05) is 43.7 Å². The minimum atomic E-state index is -2.73. The maximum atomic E-state index is 14.1. The zero-order valence-corrected chi connectivity index (χ0v) is 23.5. The molecule has 14 heteroatoms. The molecular formula is C28H32N6O8.